The summed E-state index contributed by atoms with van der Waals surface area (Å²) in [7, 11) is 0. The first-order valence-corrected chi connectivity index (χ1v) is 7.30. The third-order valence-electron chi connectivity index (χ3n) is 3.42. The predicted octanol–water partition coefficient (Wildman–Crippen LogP) is 4.54. The highest BCUT2D eigenvalue weighted by molar-refractivity contribution is 5.34. The van der Waals surface area contributed by atoms with Gasteiger partial charge in [-0.1, -0.05) is 6.42 Å². The molecule has 2 heteroatoms. The van der Waals surface area contributed by atoms with Gasteiger partial charge in [-0.15, -0.1) is 0 Å². The van der Waals surface area contributed by atoms with Crippen molar-refractivity contribution in [2.24, 2.45) is 0 Å². The summed E-state index contributed by atoms with van der Waals surface area (Å²) >= 11 is 0. The molecule has 0 radical (unpaired) electrons. The highest BCUT2D eigenvalue weighted by atomic mass is 19.1. The van der Waals surface area contributed by atoms with Gasteiger partial charge in [0.2, 0.25) is 0 Å². The first kappa shape index (κ1) is 16.2. The highest BCUT2D eigenvalue weighted by Crippen LogP contribution is 2.18. The average molecular weight is 265 g/mol. The van der Waals surface area contributed by atoms with E-state index in [9.17, 15) is 4.39 Å². The molecule has 0 bridgehead atoms. The third kappa shape index (κ3) is 6.20. The highest BCUT2D eigenvalue weighted by Gasteiger charge is 2.08. The summed E-state index contributed by atoms with van der Waals surface area (Å²) in [5.41, 5.74) is 3.71. The summed E-state index contributed by atoms with van der Waals surface area (Å²) in [4.78, 5) is 0. The lowest BCUT2D eigenvalue weighted by Gasteiger charge is -2.20. The van der Waals surface area contributed by atoms with Crippen molar-refractivity contribution < 1.29 is 4.39 Å². The Morgan fingerprint density at radius 2 is 1.58 bits per heavy atom. The summed E-state index contributed by atoms with van der Waals surface area (Å²) in [6, 6.07) is 3.28. The standard InChI is InChI=1S/C17H28FN/c1-13-11-15(18)12-14(2)16(13)9-7-6-8-10-19-17(3,4)5/h11-12,19H,6-10H2,1-5H3. The molecule has 0 aliphatic rings. The molecule has 0 unspecified atom stereocenters. The van der Waals surface area contributed by atoms with Crippen molar-refractivity contribution in [3.8, 4) is 0 Å². The molecule has 108 valence electrons. The molecule has 0 aliphatic carbocycles. The topological polar surface area (TPSA) is 12.0 Å². The summed E-state index contributed by atoms with van der Waals surface area (Å²) in [5.74, 6) is -0.117. The molecule has 0 fully saturated rings. The van der Waals surface area contributed by atoms with Crippen molar-refractivity contribution in [1.29, 1.82) is 0 Å². The van der Waals surface area contributed by atoms with E-state index in [1.54, 1.807) is 12.1 Å². The first-order chi connectivity index (χ1) is 8.79. The zero-order chi connectivity index (χ0) is 14.5. The van der Waals surface area contributed by atoms with Crippen molar-refractivity contribution in [3.63, 3.8) is 0 Å². The molecule has 0 amide bonds. The Morgan fingerprint density at radius 3 is 2.11 bits per heavy atom. The second-order valence-corrected chi connectivity index (χ2v) is 6.51. The van der Waals surface area contributed by atoms with Gasteiger partial charge in [0.05, 0.1) is 0 Å². The van der Waals surface area contributed by atoms with E-state index in [1.807, 2.05) is 13.8 Å². The maximum Gasteiger partial charge on any atom is 0.123 e. The summed E-state index contributed by atoms with van der Waals surface area (Å²) in [5, 5.41) is 3.50. The second-order valence-electron chi connectivity index (χ2n) is 6.51. The van der Waals surface area contributed by atoms with E-state index < -0.39 is 0 Å². The minimum Gasteiger partial charge on any atom is -0.312 e. The van der Waals surface area contributed by atoms with E-state index in [0.717, 1.165) is 24.1 Å². The smallest absolute Gasteiger partial charge is 0.123 e. The van der Waals surface area contributed by atoms with Gasteiger partial charge < -0.3 is 5.32 Å². The van der Waals surface area contributed by atoms with E-state index in [2.05, 4.69) is 26.1 Å². The lowest BCUT2D eigenvalue weighted by Crippen LogP contribution is -2.36. The second kappa shape index (κ2) is 7.04. The molecule has 0 saturated heterocycles. The molecule has 1 N–H and O–H groups in total. The predicted molar refractivity (Wildman–Crippen MR) is 81.2 cm³/mol. The van der Waals surface area contributed by atoms with Gasteiger partial charge in [0, 0.05) is 5.54 Å². The number of hydrogen-bond donors (Lipinski definition) is 1. The summed E-state index contributed by atoms with van der Waals surface area (Å²) in [6.45, 7) is 11.7. The van der Waals surface area contributed by atoms with Crippen molar-refractivity contribution in [2.45, 2.75) is 65.8 Å². The van der Waals surface area contributed by atoms with Gasteiger partial charge in [0.1, 0.15) is 5.82 Å². The molecular formula is C17H28FN. The van der Waals surface area contributed by atoms with Gasteiger partial charge in [-0.25, -0.2) is 4.39 Å². The SMILES string of the molecule is Cc1cc(F)cc(C)c1CCCCCNC(C)(C)C. The normalized spacial score (nSPS) is 11.9. The largest absolute Gasteiger partial charge is 0.312 e. The van der Waals surface area contributed by atoms with Crippen LogP contribution in [0.3, 0.4) is 0 Å². The number of hydrogen-bond acceptors (Lipinski definition) is 1. The molecule has 0 atom stereocenters. The molecule has 1 rings (SSSR count). The first-order valence-electron chi connectivity index (χ1n) is 7.30. The fraction of sp³-hybridized carbons (Fsp3) is 0.647. The van der Waals surface area contributed by atoms with Gasteiger partial charge in [0.15, 0.2) is 0 Å². The number of rotatable bonds is 6. The quantitative estimate of drug-likeness (QED) is 0.744. The Balaban J connectivity index is 2.30. The Labute approximate surface area is 117 Å². The van der Waals surface area contributed by atoms with Crippen LogP contribution in [0.5, 0.6) is 0 Å². The lowest BCUT2D eigenvalue weighted by molar-refractivity contribution is 0.417. The van der Waals surface area contributed by atoms with E-state index in [0.29, 0.717) is 0 Å². The van der Waals surface area contributed by atoms with Crippen LogP contribution in [0.4, 0.5) is 4.39 Å². The minimum absolute atomic E-state index is 0.117. The van der Waals surface area contributed by atoms with Gasteiger partial charge in [-0.3, -0.25) is 0 Å². The molecule has 0 aromatic heterocycles. The van der Waals surface area contributed by atoms with Crippen molar-refractivity contribution in [2.75, 3.05) is 6.54 Å². The van der Waals surface area contributed by atoms with Crippen LogP contribution in [-0.2, 0) is 6.42 Å². The molecule has 1 nitrogen and oxygen atoms in total. The average Bonchev–Trinajstić information content (AvgIpc) is 2.24. The number of halogens is 1. The molecule has 0 spiro atoms. The van der Waals surface area contributed by atoms with Crippen LogP contribution >= 0.6 is 0 Å². The van der Waals surface area contributed by atoms with E-state index in [-0.39, 0.29) is 11.4 Å². The van der Waals surface area contributed by atoms with Gasteiger partial charge in [-0.2, -0.15) is 0 Å². The van der Waals surface area contributed by atoms with Crippen LogP contribution in [0.15, 0.2) is 12.1 Å². The Kier molecular flexibility index (Phi) is 5.99. The Hall–Kier alpha value is -0.890. The Morgan fingerprint density at radius 1 is 1.00 bits per heavy atom. The summed E-state index contributed by atoms with van der Waals surface area (Å²) < 4.78 is 13.2. The Bertz CT molecular complexity index is 381. The van der Waals surface area contributed by atoms with Crippen molar-refractivity contribution in [3.05, 3.63) is 34.6 Å². The molecule has 1 aromatic carbocycles. The van der Waals surface area contributed by atoms with Gasteiger partial charge >= 0.3 is 0 Å². The van der Waals surface area contributed by atoms with Crippen molar-refractivity contribution >= 4 is 0 Å². The number of nitrogens with one attached hydrogen (secondary N) is 1. The van der Waals surface area contributed by atoms with Crippen molar-refractivity contribution in [1.82, 2.24) is 5.32 Å². The molecule has 1 aromatic rings. The van der Waals surface area contributed by atoms with E-state index in [1.165, 1.54) is 24.8 Å². The molecule has 0 heterocycles. The summed E-state index contributed by atoms with van der Waals surface area (Å²) in [6.07, 6.45) is 4.67. The monoisotopic (exact) mass is 265 g/mol. The lowest BCUT2D eigenvalue weighted by atomic mass is 9.97. The third-order valence-corrected chi connectivity index (χ3v) is 3.42. The number of aryl methyl sites for hydroxylation is 2. The molecular weight excluding hydrogens is 237 g/mol. The number of benzene rings is 1. The maximum atomic E-state index is 13.2. The van der Waals surface area contributed by atoms with Crippen LogP contribution in [-0.4, -0.2) is 12.1 Å². The van der Waals surface area contributed by atoms with Crippen LogP contribution in [0.25, 0.3) is 0 Å². The van der Waals surface area contributed by atoms with Crippen LogP contribution in [0.1, 0.15) is 56.7 Å². The fourth-order valence-corrected chi connectivity index (χ4v) is 2.40. The molecule has 19 heavy (non-hydrogen) atoms. The van der Waals surface area contributed by atoms with Gasteiger partial charge in [-0.05, 0) is 89.2 Å². The number of unbranched alkanes of at least 4 members (excludes halogenated alkanes) is 2. The van der Waals surface area contributed by atoms with E-state index in [4.69, 9.17) is 0 Å². The van der Waals surface area contributed by atoms with E-state index >= 15 is 0 Å². The zero-order valence-corrected chi connectivity index (χ0v) is 13.1. The van der Waals surface area contributed by atoms with Gasteiger partial charge in [0.25, 0.3) is 0 Å². The zero-order valence-electron chi connectivity index (χ0n) is 13.1. The fourth-order valence-electron chi connectivity index (χ4n) is 2.40. The van der Waals surface area contributed by atoms with Crippen LogP contribution in [0, 0.1) is 19.7 Å². The maximum absolute atomic E-state index is 13.2. The molecule has 0 aliphatic heterocycles. The van der Waals surface area contributed by atoms with Crippen LogP contribution in [0.2, 0.25) is 0 Å². The molecule has 0 saturated carbocycles. The minimum atomic E-state index is -0.117. The van der Waals surface area contributed by atoms with Crippen LogP contribution < -0.4 is 5.32 Å².